The maximum absolute atomic E-state index is 15.2. The molecule has 0 spiro atoms. The molecule has 5 N–H and O–H groups in total. The lowest BCUT2D eigenvalue weighted by molar-refractivity contribution is -0.125. The molecule has 0 saturated heterocycles. The number of aliphatic hydroxyl groups is 5. The van der Waals surface area contributed by atoms with Gasteiger partial charge in [0.1, 0.15) is 40.6 Å². The van der Waals surface area contributed by atoms with Gasteiger partial charge < -0.3 is 30.3 Å². The number of sulfonamides is 1. The Balaban J connectivity index is 1.15. The minimum atomic E-state index is -4.19. The predicted octanol–water partition coefficient (Wildman–Crippen LogP) is 4.71. The first-order valence-corrected chi connectivity index (χ1v) is 20.1. The molecule has 2 aliphatic rings. The van der Waals surface area contributed by atoms with E-state index in [4.69, 9.17) is 21.4 Å². The Labute approximate surface area is 315 Å². The van der Waals surface area contributed by atoms with Crippen LogP contribution in [0.15, 0.2) is 59.8 Å². The van der Waals surface area contributed by atoms with Crippen LogP contribution in [0.25, 0.3) is 11.1 Å². The Hall–Kier alpha value is -3.01. The number of aromatic nitrogens is 1. The highest BCUT2D eigenvalue weighted by Crippen LogP contribution is 2.55. The molecular formula is C39H50ClFN2O9S. The fraction of sp³-hybridized carbons (Fsp3) is 0.538. The van der Waals surface area contributed by atoms with Gasteiger partial charge in [-0.1, -0.05) is 36.2 Å². The number of Topliss-reactive ketones (excluding diaryl/α,β-unsaturated/α-hetero) is 1. The lowest BCUT2D eigenvalue weighted by Gasteiger charge is -2.25. The van der Waals surface area contributed by atoms with Crippen molar-refractivity contribution in [1.29, 1.82) is 0 Å². The van der Waals surface area contributed by atoms with Gasteiger partial charge in [-0.3, -0.25) is 9.78 Å². The highest BCUT2D eigenvalue weighted by molar-refractivity contribution is 7.89. The van der Waals surface area contributed by atoms with Crippen molar-refractivity contribution in [2.24, 2.45) is 0 Å². The molecule has 0 aliphatic heterocycles. The minimum absolute atomic E-state index is 0.0690. The topological polar surface area (TPSA) is 178 Å². The smallest absolute Gasteiger partial charge is 0.245 e. The van der Waals surface area contributed by atoms with E-state index in [9.17, 15) is 33.6 Å². The molecule has 0 unspecified atom stereocenters. The maximum Gasteiger partial charge on any atom is 0.245 e. The number of unbranched alkanes of at least 4 members (excludes halogenated alkanes) is 2. The van der Waals surface area contributed by atoms with Gasteiger partial charge in [-0.2, -0.15) is 0 Å². The van der Waals surface area contributed by atoms with Crippen LogP contribution in [0.3, 0.4) is 0 Å². The number of rotatable bonds is 22. The largest absolute Gasteiger partial charge is 0.490 e. The molecule has 11 nitrogen and oxygen atoms in total. The van der Waals surface area contributed by atoms with E-state index >= 15 is 4.39 Å². The lowest BCUT2D eigenvalue weighted by atomic mass is 9.85. The Kier molecular flexibility index (Phi) is 14.0. The average molecular weight is 777 g/mol. The van der Waals surface area contributed by atoms with Crippen molar-refractivity contribution in [3.8, 4) is 16.9 Å². The van der Waals surface area contributed by atoms with E-state index < -0.39 is 51.8 Å². The summed E-state index contributed by atoms with van der Waals surface area (Å²) in [7, 11) is -2.81. The summed E-state index contributed by atoms with van der Waals surface area (Å²) in [5.41, 5.74) is 3.53. The van der Waals surface area contributed by atoms with Crippen LogP contribution in [-0.2, 0) is 26.7 Å². The van der Waals surface area contributed by atoms with E-state index in [0.29, 0.717) is 37.7 Å². The number of nitrogens with zero attached hydrogens (tertiary/aromatic N) is 2. The van der Waals surface area contributed by atoms with Crippen LogP contribution in [-0.4, -0.2) is 99.7 Å². The van der Waals surface area contributed by atoms with Gasteiger partial charge in [0, 0.05) is 49.4 Å². The fourth-order valence-electron chi connectivity index (χ4n) is 6.64. The van der Waals surface area contributed by atoms with Gasteiger partial charge in [-0.15, -0.1) is 0 Å². The number of aliphatic hydroxyl groups excluding tert-OH is 5. The maximum atomic E-state index is 15.2. The normalized spacial score (nSPS) is 17.7. The Morgan fingerprint density at radius 2 is 1.74 bits per heavy atom. The summed E-state index contributed by atoms with van der Waals surface area (Å²) in [6, 6.07) is 12.4. The summed E-state index contributed by atoms with van der Waals surface area (Å²) >= 11 is 6.50. The molecule has 2 fully saturated rings. The standard InChI is InChI=1S/C39H50ClFN2O9S/c1-43(20-6-2-3-7-26(45)10-13-33(46)37(48)38(49)34(47)24-44)53(50,51)36-21-25(31(40)22-32(36)41)14-16-39(17-18-39)30-23-42-19-15-28(30)29-8-4-5-9-35(29)52-27-11-12-27/h4-5,8-9,15,19,21-23,27,33-34,37-38,44,46-49H,2-3,6-7,10-14,16-18,20,24H2,1H3/t33-,34+,37+,38+/m0/s1. The van der Waals surface area contributed by atoms with Crippen molar-refractivity contribution >= 4 is 27.4 Å². The summed E-state index contributed by atoms with van der Waals surface area (Å²) < 4.78 is 49.6. The highest BCUT2D eigenvalue weighted by Gasteiger charge is 2.45. The molecular weight excluding hydrogens is 727 g/mol. The molecule has 1 heterocycles. The third kappa shape index (κ3) is 10.4. The number of halogens is 2. The third-order valence-electron chi connectivity index (χ3n) is 10.4. The Bertz CT molecular complexity index is 1820. The van der Waals surface area contributed by atoms with Crippen molar-refractivity contribution in [3.63, 3.8) is 0 Å². The van der Waals surface area contributed by atoms with Gasteiger partial charge in [0.25, 0.3) is 0 Å². The fourth-order valence-corrected chi connectivity index (χ4v) is 8.18. The van der Waals surface area contributed by atoms with Crippen LogP contribution >= 0.6 is 11.6 Å². The van der Waals surface area contributed by atoms with Crippen LogP contribution in [0.4, 0.5) is 4.39 Å². The second-order valence-electron chi connectivity index (χ2n) is 14.4. The zero-order valence-electron chi connectivity index (χ0n) is 29.9. The molecule has 53 heavy (non-hydrogen) atoms. The van der Waals surface area contributed by atoms with Gasteiger partial charge >= 0.3 is 0 Å². The van der Waals surface area contributed by atoms with Crippen LogP contribution in [0.1, 0.15) is 81.8 Å². The molecule has 1 aromatic heterocycles. The molecule has 290 valence electrons. The number of para-hydroxylation sites is 1. The summed E-state index contributed by atoms with van der Waals surface area (Å²) in [5, 5.41) is 48.1. The highest BCUT2D eigenvalue weighted by atomic mass is 35.5. The molecule has 2 saturated carbocycles. The Morgan fingerprint density at radius 1 is 1.02 bits per heavy atom. The van der Waals surface area contributed by atoms with Crippen molar-refractivity contribution < 1.29 is 47.9 Å². The number of carbonyl (C=O) groups excluding carboxylic acids is 1. The van der Waals surface area contributed by atoms with Crippen molar-refractivity contribution in [2.45, 2.75) is 118 Å². The number of ketones is 1. The molecule has 3 aromatic rings. The molecule has 0 radical (unpaired) electrons. The predicted molar refractivity (Wildman–Crippen MR) is 198 cm³/mol. The van der Waals surface area contributed by atoms with Gasteiger partial charge in [0.05, 0.1) is 18.8 Å². The van der Waals surface area contributed by atoms with E-state index in [-0.39, 0.29) is 48.1 Å². The van der Waals surface area contributed by atoms with Gasteiger partial charge in [-0.05, 0) is 104 Å². The van der Waals surface area contributed by atoms with Crippen molar-refractivity contribution in [3.05, 3.63) is 76.8 Å². The molecule has 4 atom stereocenters. The number of carbonyl (C=O) groups is 1. The number of hydrogen-bond acceptors (Lipinski definition) is 10. The first kappa shape index (κ1) is 41.2. The SMILES string of the molecule is CN(CCCCCC(=O)CC[C@H](O)[C@@H](O)[C@H](O)[C@H](O)CO)S(=O)(=O)c1cc(CCC2(c3cnccc3-c3ccccc3OC3CC3)CC2)c(Cl)cc1F. The second kappa shape index (κ2) is 18.1. The Morgan fingerprint density at radius 3 is 2.43 bits per heavy atom. The van der Waals surface area contributed by atoms with Crippen LogP contribution in [0.5, 0.6) is 5.75 Å². The first-order chi connectivity index (χ1) is 25.3. The zero-order chi connectivity index (χ0) is 38.3. The van der Waals surface area contributed by atoms with E-state index in [2.05, 4.69) is 11.1 Å². The number of benzene rings is 2. The minimum Gasteiger partial charge on any atom is -0.490 e. The third-order valence-corrected chi connectivity index (χ3v) is 12.6. The van der Waals surface area contributed by atoms with E-state index in [1.165, 1.54) is 13.1 Å². The number of hydrogen-bond donors (Lipinski definition) is 5. The zero-order valence-corrected chi connectivity index (χ0v) is 31.5. The van der Waals surface area contributed by atoms with Crippen LogP contribution in [0.2, 0.25) is 5.02 Å². The molecule has 0 amide bonds. The monoisotopic (exact) mass is 776 g/mol. The second-order valence-corrected chi connectivity index (χ2v) is 16.8. The molecule has 2 aliphatic carbocycles. The van der Waals surface area contributed by atoms with Gasteiger partial charge in [-0.25, -0.2) is 17.1 Å². The quantitative estimate of drug-likeness (QED) is 0.0899. The summed E-state index contributed by atoms with van der Waals surface area (Å²) in [6.07, 6.45) is 3.78. The van der Waals surface area contributed by atoms with Crippen LogP contribution < -0.4 is 4.74 Å². The van der Waals surface area contributed by atoms with E-state index in [1.807, 2.05) is 30.5 Å². The molecule has 2 aromatic carbocycles. The van der Waals surface area contributed by atoms with E-state index in [0.717, 1.165) is 58.5 Å². The number of pyridine rings is 1. The van der Waals surface area contributed by atoms with Crippen molar-refractivity contribution in [1.82, 2.24) is 9.29 Å². The summed E-state index contributed by atoms with van der Waals surface area (Å²) in [6.45, 7) is -0.693. The summed E-state index contributed by atoms with van der Waals surface area (Å²) in [5.74, 6) is -0.271. The molecule has 14 heteroatoms. The van der Waals surface area contributed by atoms with Gasteiger partial charge in [0.2, 0.25) is 10.0 Å². The van der Waals surface area contributed by atoms with Crippen molar-refractivity contribution in [2.75, 3.05) is 20.2 Å². The summed E-state index contributed by atoms with van der Waals surface area (Å²) in [4.78, 5) is 16.3. The van der Waals surface area contributed by atoms with Gasteiger partial charge in [0.15, 0.2) is 0 Å². The van der Waals surface area contributed by atoms with E-state index in [1.54, 1.807) is 6.20 Å². The average Bonchev–Trinajstić information content (AvgIpc) is 4.10. The number of ether oxygens (including phenoxy) is 1. The lowest BCUT2D eigenvalue weighted by Crippen LogP contribution is -2.45. The first-order valence-electron chi connectivity index (χ1n) is 18.3. The van der Waals surface area contributed by atoms with Crippen LogP contribution in [0, 0.1) is 5.82 Å². The molecule has 5 rings (SSSR count). The number of aryl methyl sites for hydroxylation is 1. The molecule has 0 bridgehead atoms.